The average Bonchev–Trinajstić information content (AvgIpc) is 1.96. The van der Waals surface area contributed by atoms with Gasteiger partial charge >= 0.3 is 0 Å². The largest absolute Gasteiger partial charge is 0.207 e. The van der Waals surface area contributed by atoms with Crippen LogP contribution in [-0.2, 0) is 5.88 Å². The number of aryl methyl sites for hydroxylation is 1. The van der Waals surface area contributed by atoms with Crippen molar-refractivity contribution in [1.29, 1.82) is 0 Å². The van der Waals surface area contributed by atoms with E-state index in [-0.39, 0.29) is 5.82 Å². The molecule has 0 spiro atoms. The molecule has 3 heteroatoms. The van der Waals surface area contributed by atoms with Crippen molar-refractivity contribution in [2.75, 3.05) is 0 Å². The summed E-state index contributed by atoms with van der Waals surface area (Å²) in [7, 11) is 0. The molecule has 0 nitrogen and oxygen atoms in total. The van der Waals surface area contributed by atoms with Crippen LogP contribution in [0.2, 0.25) is 0 Å². The van der Waals surface area contributed by atoms with E-state index in [1.165, 1.54) is 12.1 Å². The highest BCUT2D eigenvalue weighted by Crippen LogP contribution is 2.23. The summed E-state index contributed by atoms with van der Waals surface area (Å²) in [6.45, 7) is 1.84. The fourth-order valence-electron chi connectivity index (χ4n) is 0.892. The van der Waals surface area contributed by atoms with Crippen LogP contribution >= 0.6 is 27.5 Å². The predicted octanol–water partition coefficient (Wildman–Crippen LogP) is 3.64. The van der Waals surface area contributed by atoms with Gasteiger partial charge in [0, 0.05) is 10.4 Å². The first-order valence-corrected chi connectivity index (χ1v) is 4.48. The second-order valence-electron chi connectivity index (χ2n) is 2.33. The highest BCUT2D eigenvalue weighted by atomic mass is 79.9. The number of alkyl halides is 1. The van der Waals surface area contributed by atoms with Gasteiger partial charge in [0.05, 0.1) is 0 Å². The van der Waals surface area contributed by atoms with Gasteiger partial charge in [-0.1, -0.05) is 15.9 Å². The molecule has 60 valence electrons. The molecule has 0 fully saturated rings. The van der Waals surface area contributed by atoms with Crippen LogP contribution < -0.4 is 0 Å². The summed E-state index contributed by atoms with van der Waals surface area (Å²) >= 11 is 8.90. The Labute approximate surface area is 78.5 Å². The first kappa shape index (κ1) is 9.01. The quantitative estimate of drug-likeness (QED) is 0.654. The van der Waals surface area contributed by atoms with Crippen LogP contribution in [0.5, 0.6) is 0 Å². The van der Waals surface area contributed by atoms with Gasteiger partial charge in [0.1, 0.15) is 5.82 Å². The molecule has 11 heavy (non-hydrogen) atoms. The zero-order valence-corrected chi connectivity index (χ0v) is 8.34. The molecule has 0 aliphatic carbocycles. The van der Waals surface area contributed by atoms with E-state index in [2.05, 4.69) is 15.9 Å². The molecular formula is C8H7BrClF. The molecular weight excluding hydrogens is 230 g/mol. The van der Waals surface area contributed by atoms with Gasteiger partial charge < -0.3 is 0 Å². The number of benzene rings is 1. The lowest BCUT2D eigenvalue weighted by molar-refractivity contribution is 0.624. The lowest BCUT2D eigenvalue weighted by atomic mass is 10.1. The van der Waals surface area contributed by atoms with Crippen molar-refractivity contribution in [3.05, 3.63) is 33.5 Å². The topological polar surface area (TPSA) is 0 Å². The molecule has 0 saturated carbocycles. The fourth-order valence-corrected chi connectivity index (χ4v) is 1.63. The maximum absolute atomic E-state index is 12.7. The van der Waals surface area contributed by atoms with Gasteiger partial charge in [-0.25, -0.2) is 4.39 Å². The van der Waals surface area contributed by atoms with Crippen LogP contribution in [0, 0.1) is 12.7 Å². The lowest BCUT2D eigenvalue weighted by Gasteiger charge is -2.03. The lowest BCUT2D eigenvalue weighted by Crippen LogP contribution is -1.87. The number of hydrogen-bond donors (Lipinski definition) is 0. The average molecular weight is 237 g/mol. The van der Waals surface area contributed by atoms with E-state index in [4.69, 9.17) is 11.6 Å². The summed E-state index contributed by atoms with van der Waals surface area (Å²) in [5.41, 5.74) is 1.67. The molecule has 0 atom stereocenters. The van der Waals surface area contributed by atoms with Gasteiger partial charge in [-0.05, 0) is 30.2 Å². The van der Waals surface area contributed by atoms with Gasteiger partial charge in [0.2, 0.25) is 0 Å². The number of rotatable bonds is 1. The third-order valence-corrected chi connectivity index (χ3v) is 2.86. The van der Waals surface area contributed by atoms with Crippen molar-refractivity contribution >= 4 is 27.5 Å². The highest BCUT2D eigenvalue weighted by Gasteiger charge is 2.03. The van der Waals surface area contributed by atoms with Crippen LogP contribution in [0.1, 0.15) is 11.1 Å². The van der Waals surface area contributed by atoms with Gasteiger partial charge in [0.15, 0.2) is 0 Å². The van der Waals surface area contributed by atoms with Crippen LogP contribution in [0.25, 0.3) is 0 Å². The first-order valence-electron chi connectivity index (χ1n) is 3.15. The second kappa shape index (κ2) is 3.55. The second-order valence-corrected chi connectivity index (χ2v) is 3.39. The van der Waals surface area contributed by atoms with Crippen molar-refractivity contribution in [1.82, 2.24) is 0 Å². The van der Waals surface area contributed by atoms with Crippen LogP contribution in [0.15, 0.2) is 16.6 Å². The molecule has 0 heterocycles. The Bertz CT molecular complexity index is 273. The normalized spacial score (nSPS) is 10.2. The van der Waals surface area contributed by atoms with Crippen molar-refractivity contribution in [2.24, 2.45) is 0 Å². The molecule has 0 aromatic heterocycles. The van der Waals surface area contributed by atoms with Crippen LogP contribution in [0.4, 0.5) is 4.39 Å². The zero-order chi connectivity index (χ0) is 8.43. The molecule has 0 bridgehead atoms. The molecule has 0 unspecified atom stereocenters. The first-order chi connectivity index (χ1) is 5.15. The Morgan fingerprint density at radius 2 is 2.18 bits per heavy atom. The van der Waals surface area contributed by atoms with Crippen molar-refractivity contribution in [2.45, 2.75) is 12.8 Å². The summed E-state index contributed by atoms with van der Waals surface area (Å²) in [6.07, 6.45) is 0. The van der Waals surface area contributed by atoms with E-state index in [1.54, 1.807) is 0 Å². The minimum atomic E-state index is -0.235. The van der Waals surface area contributed by atoms with Crippen LogP contribution in [-0.4, -0.2) is 0 Å². The summed E-state index contributed by atoms with van der Waals surface area (Å²) < 4.78 is 13.6. The molecule has 1 rings (SSSR count). The van der Waals surface area contributed by atoms with Crippen molar-refractivity contribution in [3.63, 3.8) is 0 Å². The van der Waals surface area contributed by atoms with Crippen LogP contribution in [0.3, 0.4) is 0 Å². The van der Waals surface area contributed by atoms with Gasteiger partial charge in [-0.2, -0.15) is 0 Å². The molecule has 1 aromatic carbocycles. The van der Waals surface area contributed by atoms with E-state index in [0.29, 0.717) is 5.88 Å². The number of halogens is 3. The molecule has 0 aliphatic rings. The minimum absolute atomic E-state index is 0.235. The summed E-state index contributed by atoms with van der Waals surface area (Å²) in [6, 6.07) is 2.91. The van der Waals surface area contributed by atoms with E-state index < -0.39 is 0 Å². The Hall–Kier alpha value is -0.0800. The Kier molecular flexibility index (Phi) is 2.90. The van der Waals surface area contributed by atoms with Crippen molar-refractivity contribution < 1.29 is 4.39 Å². The summed E-state index contributed by atoms with van der Waals surface area (Å²) in [4.78, 5) is 0. The van der Waals surface area contributed by atoms with Gasteiger partial charge in [-0.15, -0.1) is 11.6 Å². The SMILES string of the molecule is Cc1cc(F)cc(CCl)c1Br. The standard InChI is InChI=1S/C8H7BrClF/c1-5-2-7(11)3-6(4-10)8(5)9/h2-3H,4H2,1H3. The molecule has 0 amide bonds. The minimum Gasteiger partial charge on any atom is -0.207 e. The highest BCUT2D eigenvalue weighted by molar-refractivity contribution is 9.10. The predicted molar refractivity (Wildman–Crippen MR) is 48.4 cm³/mol. The maximum atomic E-state index is 12.7. The van der Waals surface area contributed by atoms with E-state index in [9.17, 15) is 4.39 Å². The van der Waals surface area contributed by atoms with E-state index in [0.717, 1.165) is 15.6 Å². The maximum Gasteiger partial charge on any atom is 0.123 e. The third-order valence-electron chi connectivity index (χ3n) is 1.44. The van der Waals surface area contributed by atoms with E-state index >= 15 is 0 Å². The smallest absolute Gasteiger partial charge is 0.123 e. The molecule has 0 saturated heterocycles. The number of hydrogen-bond acceptors (Lipinski definition) is 0. The summed E-state index contributed by atoms with van der Waals surface area (Å²) in [5.74, 6) is 0.0977. The monoisotopic (exact) mass is 236 g/mol. The molecule has 1 aromatic rings. The molecule has 0 radical (unpaired) electrons. The van der Waals surface area contributed by atoms with Gasteiger partial charge in [0.25, 0.3) is 0 Å². The Morgan fingerprint density at radius 1 is 1.55 bits per heavy atom. The Morgan fingerprint density at radius 3 is 2.73 bits per heavy atom. The molecule has 0 aliphatic heterocycles. The van der Waals surface area contributed by atoms with Gasteiger partial charge in [-0.3, -0.25) is 0 Å². The van der Waals surface area contributed by atoms with Crippen molar-refractivity contribution in [3.8, 4) is 0 Å². The van der Waals surface area contributed by atoms with E-state index in [1.807, 2.05) is 6.92 Å². The zero-order valence-electron chi connectivity index (χ0n) is 6.00. The molecule has 0 N–H and O–H groups in total. The third kappa shape index (κ3) is 1.94. The Balaban J connectivity index is 3.24. The summed E-state index contributed by atoms with van der Waals surface area (Å²) in [5, 5.41) is 0. The fraction of sp³-hybridized carbons (Fsp3) is 0.250.